The minimum Gasteiger partial charge on any atom is -0.398 e. The second-order valence-corrected chi connectivity index (χ2v) is 5.47. The third-order valence-electron chi connectivity index (χ3n) is 2.92. The quantitative estimate of drug-likeness (QED) is 0.692. The summed E-state index contributed by atoms with van der Waals surface area (Å²) < 4.78 is 0.752. The molecule has 0 aliphatic rings. The molecule has 1 unspecified atom stereocenters. The Bertz CT molecular complexity index is 491. The Morgan fingerprint density at radius 3 is 2.70 bits per heavy atom. The SMILES string of the molecule is CCC(C)NC(=O)CCNC(=O)c1ccc(Br)c(N)c1. The van der Waals surface area contributed by atoms with Gasteiger partial charge in [-0.05, 0) is 47.5 Å². The Kier molecular flexibility index (Phi) is 6.51. The molecule has 1 rings (SSSR count). The number of nitrogens with one attached hydrogen (secondary N) is 2. The van der Waals surface area contributed by atoms with Crippen molar-refractivity contribution in [2.24, 2.45) is 0 Å². The van der Waals surface area contributed by atoms with Crippen LogP contribution < -0.4 is 16.4 Å². The molecule has 0 saturated carbocycles. The van der Waals surface area contributed by atoms with Gasteiger partial charge >= 0.3 is 0 Å². The zero-order valence-electron chi connectivity index (χ0n) is 11.7. The van der Waals surface area contributed by atoms with Gasteiger partial charge in [-0.2, -0.15) is 0 Å². The maximum Gasteiger partial charge on any atom is 0.251 e. The third-order valence-corrected chi connectivity index (χ3v) is 3.64. The molecule has 0 bridgehead atoms. The van der Waals surface area contributed by atoms with Gasteiger partial charge in [0, 0.05) is 34.7 Å². The topological polar surface area (TPSA) is 84.2 Å². The van der Waals surface area contributed by atoms with Crippen molar-refractivity contribution in [2.45, 2.75) is 32.7 Å². The van der Waals surface area contributed by atoms with Gasteiger partial charge in [-0.25, -0.2) is 0 Å². The molecule has 0 saturated heterocycles. The summed E-state index contributed by atoms with van der Waals surface area (Å²) in [4.78, 5) is 23.4. The van der Waals surface area contributed by atoms with Crippen LogP contribution >= 0.6 is 15.9 Å². The largest absolute Gasteiger partial charge is 0.398 e. The van der Waals surface area contributed by atoms with Crippen molar-refractivity contribution in [3.8, 4) is 0 Å². The van der Waals surface area contributed by atoms with Crippen LogP contribution in [0.2, 0.25) is 0 Å². The average molecular weight is 342 g/mol. The monoisotopic (exact) mass is 341 g/mol. The second kappa shape index (κ2) is 7.89. The molecule has 0 fully saturated rings. The first-order chi connectivity index (χ1) is 9.43. The Hall–Kier alpha value is -1.56. The van der Waals surface area contributed by atoms with Crippen molar-refractivity contribution in [1.29, 1.82) is 0 Å². The summed E-state index contributed by atoms with van der Waals surface area (Å²) >= 11 is 3.27. The molecule has 0 radical (unpaired) electrons. The van der Waals surface area contributed by atoms with Crippen LogP contribution in [0.5, 0.6) is 0 Å². The van der Waals surface area contributed by atoms with Crippen LogP contribution in [0.25, 0.3) is 0 Å². The molecule has 0 aliphatic heterocycles. The predicted molar refractivity (Wildman–Crippen MR) is 83.4 cm³/mol. The number of rotatable bonds is 6. The Balaban J connectivity index is 2.40. The van der Waals surface area contributed by atoms with Gasteiger partial charge in [0.15, 0.2) is 0 Å². The Morgan fingerprint density at radius 2 is 2.10 bits per heavy atom. The average Bonchev–Trinajstić information content (AvgIpc) is 2.41. The summed E-state index contributed by atoms with van der Waals surface area (Å²) in [6, 6.07) is 5.15. The molecule has 4 N–H and O–H groups in total. The summed E-state index contributed by atoms with van der Waals surface area (Å²) in [5.74, 6) is -0.296. The van der Waals surface area contributed by atoms with E-state index >= 15 is 0 Å². The molecule has 0 aliphatic carbocycles. The molecule has 1 aromatic rings. The summed E-state index contributed by atoms with van der Waals surface area (Å²) in [6.07, 6.45) is 1.15. The molecule has 2 amide bonds. The first kappa shape index (κ1) is 16.5. The fourth-order valence-electron chi connectivity index (χ4n) is 1.53. The first-order valence-electron chi connectivity index (χ1n) is 6.56. The first-order valence-corrected chi connectivity index (χ1v) is 7.36. The minimum absolute atomic E-state index is 0.0602. The van der Waals surface area contributed by atoms with E-state index in [0.717, 1.165) is 10.9 Å². The van der Waals surface area contributed by atoms with Gasteiger partial charge in [0.2, 0.25) is 5.91 Å². The number of nitrogen functional groups attached to an aromatic ring is 1. The Morgan fingerprint density at radius 1 is 1.40 bits per heavy atom. The van der Waals surface area contributed by atoms with E-state index in [1.54, 1.807) is 18.2 Å². The van der Waals surface area contributed by atoms with Crippen molar-refractivity contribution in [3.63, 3.8) is 0 Å². The van der Waals surface area contributed by atoms with Crippen LogP contribution in [0.15, 0.2) is 22.7 Å². The molecule has 1 atom stereocenters. The zero-order chi connectivity index (χ0) is 15.1. The summed E-state index contributed by atoms with van der Waals surface area (Å²) in [7, 11) is 0. The van der Waals surface area contributed by atoms with Gasteiger partial charge in [-0.1, -0.05) is 6.92 Å². The van der Waals surface area contributed by atoms with E-state index in [4.69, 9.17) is 5.73 Å². The highest BCUT2D eigenvalue weighted by Gasteiger charge is 2.09. The van der Waals surface area contributed by atoms with E-state index in [-0.39, 0.29) is 24.3 Å². The lowest BCUT2D eigenvalue weighted by Gasteiger charge is -2.11. The van der Waals surface area contributed by atoms with E-state index in [1.165, 1.54) is 0 Å². The molecule has 20 heavy (non-hydrogen) atoms. The Labute approximate surface area is 127 Å². The van der Waals surface area contributed by atoms with E-state index in [9.17, 15) is 9.59 Å². The van der Waals surface area contributed by atoms with Crippen LogP contribution in [0.4, 0.5) is 5.69 Å². The summed E-state index contributed by atoms with van der Waals surface area (Å²) in [6.45, 7) is 4.25. The van der Waals surface area contributed by atoms with E-state index < -0.39 is 0 Å². The van der Waals surface area contributed by atoms with Gasteiger partial charge in [0.25, 0.3) is 5.91 Å². The van der Waals surface area contributed by atoms with Crippen LogP contribution in [0, 0.1) is 0 Å². The van der Waals surface area contributed by atoms with Crippen LogP contribution in [0.3, 0.4) is 0 Å². The number of halogens is 1. The molecule has 5 nitrogen and oxygen atoms in total. The van der Waals surface area contributed by atoms with E-state index in [0.29, 0.717) is 17.8 Å². The fourth-order valence-corrected chi connectivity index (χ4v) is 1.77. The maximum atomic E-state index is 11.9. The zero-order valence-corrected chi connectivity index (χ0v) is 13.3. The predicted octanol–water partition coefficient (Wildman–Crippen LogP) is 2.07. The van der Waals surface area contributed by atoms with Gasteiger partial charge in [-0.15, -0.1) is 0 Å². The molecule has 110 valence electrons. The van der Waals surface area contributed by atoms with E-state index in [1.807, 2.05) is 13.8 Å². The smallest absolute Gasteiger partial charge is 0.251 e. The standard InChI is InChI=1S/C14H20BrN3O2/c1-3-9(2)18-13(19)6-7-17-14(20)10-4-5-11(15)12(16)8-10/h4-5,8-9H,3,6-7,16H2,1-2H3,(H,17,20)(H,18,19). The lowest BCUT2D eigenvalue weighted by atomic mass is 10.2. The number of carbonyl (C=O) groups is 2. The van der Waals surface area contributed by atoms with Gasteiger partial charge in [-0.3, -0.25) is 9.59 Å². The van der Waals surface area contributed by atoms with Crippen LogP contribution in [-0.4, -0.2) is 24.4 Å². The number of carbonyl (C=O) groups excluding carboxylic acids is 2. The normalized spacial score (nSPS) is 11.8. The van der Waals surface area contributed by atoms with Crippen molar-refractivity contribution in [3.05, 3.63) is 28.2 Å². The van der Waals surface area contributed by atoms with Crippen LogP contribution in [-0.2, 0) is 4.79 Å². The minimum atomic E-state index is -0.236. The molecular formula is C14H20BrN3O2. The number of hydrogen-bond acceptors (Lipinski definition) is 3. The molecule has 0 spiro atoms. The number of amides is 2. The van der Waals surface area contributed by atoms with Gasteiger partial charge in [0.05, 0.1) is 0 Å². The summed E-state index contributed by atoms with van der Waals surface area (Å²) in [5, 5.41) is 5.54. The number of hydrogen-bond donors (Lipinski definition) is 3. The van der Waals surface area contributed by atoms with Crippen molar-refractivity contribution in [2.75, 3.05) is 12.3 Å². The number of anilines is 1. The molecule has 6 heteroatoms. The molecule has 0 aromatic heterocycles. The highest BCUT2D eigenvalue weighted by molar-refractivity contribution is 9.10. The lowest BCUT2D eigenvalue weighted by molar-refractivity contribution is -0.121. The highest BCUT2D eigenvalue weighted by atomic mass is 79.9. The van der Waals surface area contributed by atoms with Crippen molar-refractivity contribution < 1.29 is 9.59 Å². The second-order valence-electron chi connectivity index (χ2n) is 4.62. The van der Waals surface area contributed by atoms with Crippen LogP contribution in [0.1, 0.15) is 37.0 Å². The van der Waals surface area contributed by atoms with Crippen molar-refractivity contribution >= 4 is 33.4 Å². The molecular weight excluding hydrogens is 322 g/mol. The van der Waals surface area contributed by atoms with E-state index in [2.05, 4.69) is 26.6 Å². The highest BCUT2D eigenvalue weighted by Crippen LogP contribution is 2.19. The number of benzene rings is 1. The molecule has 0 heterocycles. The van der Waals surface area contributed by atoms with Crippen molar-refractivity contribution in [1.82, 2.24) is 10.6 Å². The lowest BCUT2D eigenvalue weighted by Crippen LogP contribution is -2.35. The van der Waals surface area contributed by atoms with Gasteiger partial charge in [0.1, 0.15) is 0 Å². The summed E-state index contributed by atoms with van der Waals surface area (Å²) in [5.41, 5.74) is 6.70. The molecule has 1 aromatic carbocycles. The fraction of sp³-hybridized carbons (Fsp3) is 0.429. The third kappa shape index (κ3) is 5.21. The number of nitrogens with two attached hydrogens (primary N) is 1. The van der Waals surface area contributed by atoms with Gasteiger partial charge < -0.3 is 16.4 Å². The maximum absolute atomic E-state index is 11.9.